The molecular formula is C9H11N2O7PS-2. The Kier molecular flexibility index (Phi) is 4.55. The lowest BCUT2D eigenvalue weighted by atomic mass is 10.2. The van der Waals surface area contributed by atoms with Crippen LogP contribution in [0.4, 0.5) is 0 Å². The summed E-state index contributed by atoms with van der Waals surface area (Å²) < 4.78 is 10.8. The molecule has 1 aromatic heterocycles. The summed E-state index contributed by atoms with van der Waals surface area (Å²) in [6.07, 6.45) is -1.47. The molecule has 2 N–H and O–H groups in total. The fourth-order valence-corrected chi connectivity index (χ4v) is 2.37. The lowest BCUT2D eigenvalue weighted by molar-refractivity contribution is -0.322. The molecule has 1 aliphatic rings. The van der Waals surface area contributed by atoms with Gasteiger partial charge in [-0.05, 0) is 0 Å². The molecule has 3 atom stereocenters. The van der Waals surface area contributed by atoms with Crippen molar-refractivity contribution in [1.29, 1.82) is 0 Å². The number of aromatic amines is 1. The minimum atomic E-state index is -4.33. The minimum absolute atomic E-state index is 0.0561. The van der Waals surface area contributed by atoms with E-state index in [9.17, 15) is 24.5 Å². The Hall–Kier alpha value is -0.870. The number of H-pyrrole nitrogens is 1. The number of rotatable bonds is 4. The monoisotopic (exact) mass is 322 g/mol. The van der Waals surface area contributed by atoms with E-state index in [1.165, 1.54) is 6.20 Å². The van der Waals surface area contributed by atoms with E-state index in [0.29, 0.717) is 0 Å². The van der Waals surface area contributed by atoms with Crippen LogP contribution >= 0.6 is 6.72 Å². The van der Waals surface area contributed by atoms with Gasteiger partial charge in [-0.1, -0.05) is 6.72 Å². The minimum Gasteiger partial charge on any atom is -0.812 e. The Morgan fingerprint density at radius 1 is 1.60 bits per heavy atom. The van der Waals surface area contributed by atoms with Gasteiger partial charge in [0.1, 0.15) is 12.3 Å². The number of ether oxygens (including phenoxy) is 1. The number of aliphatic hydroxyl groups is 1. The molecule has 0 saturated carbocycles. The summed E-state index contributed by atoms with van der Waals surface area (Å²) >= 11 is 4.06. The topological polar surface area (TPSA) is 140 Å². The van der Waals surface area contributed by atoms with Crippen molar-refractivity contribution in [1.82, 2.24) is 9.55 Å². The molecular weight excluding hydrogens is 311 g/mol. The highest BCUT2D eigenvalue weighted by atomic mass is 32.5. The van der Waals surface area contributed by atoms with E-state index in [0.717, 1.165) is 10.6 Å². The zero-order valence-corrected chi connectivity index (χ0v) is 11.7. The van der Waals surface area contributed by atoms with Crippen LogP contribution in [0.25, 0.3) is 0 Å². The van der Waals surface area contributed by atoms with Gasteiger partial charge in [0.15, 0.2) is 0 Å². The van der Waals surface area contributed by atoms with E-state index in [1.807, 2.05) is 4.98 Å². The van der Waals surface area contributed by atoms with Gasteiger partial charge in [0, 0.05) is 18.7 Å². The molecule has 9 nitrogen and oxygen atoms in total. The molecule has 11 heteroatoms. The summed E-state index contributed by atoms with van der Waals surface area (Å²) in [5, 5.41) is 9.74. The molecule has 1 aromatic rings. The van der Waals surface area contributed by atoms with E-state index in [4.69, 9.17) is 4.74 Å². The largest absolute Gasteiger partial charge is 0.812 e. The Morgan fingerprint density at radius 2 is 2.30 bits per heavy atom. The van der Waals surface area contributed by atoms with Crippen molar-refractivity contribution in [3.63, 3.8) is 0 Å². The number of aliphatic hydroxyl groups excluding tert-OH is 1. The average molecular weight is 322 g/mol. The molecule has 20 heavy (non-hydrogen) atoms. The van der Waals surface area contributed by atoms with Crippen molar-refractivity contribution in [2.45, 2.75) is 24.9 Å². The second kappa shape index (κ2) is 5.86. The van der Waals surface area contributed by atoms with E-state index < -0.39 is 43.0 Å². The van der Waals surface area contributed by atoms with Crippen molar-refractivity contribution < 1.29 is 24.2 Å². The smallest absolute Gasteiger partial charge is 0.330 e. The molecule has 2 heterocycles. The Morgan fingerprint density at radius 3 is 2.90 bits per heavy atom. The first-order chi connectivity index (χ1) is 9.26. The van der Waals surface area contributed by atoms with Crippen molar-refractivity contribution in [3.05, 3.63) is 33.1 Å². The highest BCUT2D eigenvalue weighted by molar-refractivity contribution is 8.05. The molecule has 0 amide bonds. The van der Waals surface area contributed by atoms with Gasteiger partial charge in [-0.2, -0.15) is 0 Å². The van der Waals surface area contributed by atoms with Gasteiger partial charge in [-0.25, -0.2) is 4.79 Å². The first-order valence-corrected chi connectivity index (χ1v) is 8.13. The third-order valence-corrected chi connectivity index (χ3v) is 3.54. The predicted molar refractivity (Wildman–Crippen MR) is 66.1 cm³/mol. The molecule has 0 spiro atoms. The number of aromatic nitrogens is 2. The van der Waals surface area contributed by atoms with Crippen LogP contribution in [0.15, 0.2) is 21.9 Å². The van der Waals surface area contributed by atoms with E-state index in [1.54, 1.807) is 0 Å². The Labute approximate surface area is 117 Å². The summed E-state index contributed by atoms with van der Waals surface area (Å²) in [7, 11) is 0. The summed E-state index contributed by atoms with van der Waals surface area (Å²) in [6.45, 7) is -4.76. The SMILES string of the molecule is O=c1ccn([C@H]2C[C@H](O)[C@@H](COP([O-])([O-])=S)O2)c(=O)[nH]1. The molecule has 0 aliphatic carbocycles. The lowest BCUT2D eigenvalue weighted by Gasteiger charge is -2.35. The third-order valence-electron chi connectivity index (χ3n) is 2.76. The number of nitrogens with one attached hydrogen (secondary N) is 1. The molecule has 112 valence electrons. The van der Waals surface area contributed by atoms with Gasteiger partial charge in [-0.3, -0.25) is 14.3 Å². The van der Waals surface area contributed by atoms with E-state index >= 15 is 0 Å². The van der Waals surface area contributed by atoms with Crippen LogP contribution in [-0.2, 0) is 21.1 Å². The Bertz CT molecular complexity index is 638. The van der Waals surface area contributed by atoms with Crippen molar-refractivity contribution >= 4 is 18.5 Å². The van der Waals surface area contributed by atoms with Gasteiger partial charge in [0.05, 0.1) is 12.7 Å². The fraction of sp³-hybridized carbons (Fsp3) is 0.556. The van der Waals surface area contributed by atoms with Crippen LogP contribution in [0.1, 0.15) is 12.6 Å². The van der Waals surface area contributed by atoms with Gasteiger partial charge in [0.25, 0.3) is 5.56 Å². The van der Waals surface area contributed by atoms with Crippen LogP contribution in [0, 0.1) is 0 Å². The molecule has 1 fully saturated rings. The highest BCUT2D eigenvalue weighted by Gasteiger charge is 2.35. The first-order valence-electron chi connectivity index (χ1n) is 5.58. The van der Waals surface area contributed by atoms with Gasteiger partial charge >= 0.3 is 5.69 Å². The van der Waals surface area contributed by atoms with Crippen molar-refractivity contribution in [2.24, 2.45) is 0 Å². The van der Waals surface area contributed by atoms with Crippen LogP contribution in [-0.4, -0.2) is 33.5 Å². The molecule has 1 saturated heterocycles. The summed E-state index contributed by atoms with van der Waals surface area (Å²) in [4.78, 5) is 46.0. The zero-order valence-electron chi connectivity index (χ0n) is 10.0. The molecule has 1 aliphatic heterocycles. The van der Waals surface area contributed by atoms with Gasteiger partial charge < -0.3 is 24.2 Å². The molecule has 0 radical (unpaired) electrons. The van der Waals surface area contributed by atoms with E-state index in [-0.39, 0.29) is 6.42 Å². The summed E-state index contributed by atoms with van der Waals surface area (Å²) in [5.41, 5.74) is -1.24. The zero-order chi connectivity index (χ0) is 14.9. The molecule has 0 unspecified atom stereocenters. The predicted octanol–water partition coefficient (Wildman–Crippen LogP) is -2.85. The first kappa shape index (κ1) is 15.5. The van der Waals surface area contributed by atoms with Gasteiger partial charge in [-0.15, -0.1) is 11.8 Å². The summed E-state index contributed by atoms with van der Waals surface area (Å²) in [6, 6.07) is 1.13. The van der Waals surface area contributed by atoms with Crippen molar-refractivity contribution in [2.75, 3.05) is 6.61 Å². The Balaban J connectivity index is 2.08. The second-order valence-electron chi connectivity index (χ2n) is 4.19. The summed E-state index contributed by atoms with van der Waals surface area (Å²) in [5.74, 6) is 0. The quantitative estimate of drug-likeness (QED) is 0.564. The lowest BCUT2D eigenvalue weighted by Crippen LogP contribution is -2.32. The normalized spacial score (nSPS) is 26.9. The maximum atomic E-state index is 11.6. The van der Waals surface area contributed by atoms with Crippen LogP contribution in [0.2, 0.25) is 0 Å². The molecule has 0 aromatic carbocycles. The number of hydrogen-bond acceptors (Lipinski definition) is 8. The molecule has 2 rings (SSSR count). The maximum Gasteiger partial charge on any atom is 0.330 e. The standard InChI is InChI=1S/C9H13N2O7PS/c12-5-3-8(11-2-1-7(13)10-9(11)14)18-6(5)4-17-19(15,16)20/h1-2,5-6,8,12H,3-4H2,(H,10,13,14)(H2,15,16,20)/p-2/t5-,6+,8+/m0/s1. The molecule has 0 bridgehead atoms. The van der Waals surface area contributed by atoms with Crippen LogP contribution in [0.3, 0.4) is 0 Å². The van der Waals surface area contributed by atoms with Gasteiger partial charge in [0.2, 0.25) is 0 Å². The van der Waals surface area contributed by atoms with Crippen LogP contribution in [0.5, 0.6) is 0 Å². The highest BCUT2D eigenvalue weighted by Crippen LogP contribution is 2.31. The third kappa shape index (κ3) is 3.83. The fourth-order valence-electron chi connectivity index (χ4n) is 1.85. The number of hydrogen-bond donors (Lipinski definition) is 2. The van der Waals surface area contributed by atoms with Crippen LogP contribution < -0.4 is 21.0 Å². The second-order valence-corrected chi connectivity index (χ2v) is 6.69. The average Bonchev–Trinajstić information content (AvgIpc) is 2.67. The maximum absolute atomic E-state index is 11.6. The van der Waals surface area contributed by atoms with E-state index in [2.05, 4.69) is 16.3 Å². The van der Waals surface area contributed by atoms with Crippen molar-refractivity contribution in [3.8, 4) is 0 Å². The number of nitrogens with zero attached hydrogens (tertiary/aromatic N) is 1.